The number of ether oxygens (including phenoxy) is 2. The number of allylic oxidation sites excluding steroid dienone is 1. The zero-order valence-electron chi connectivity index (χ0n) is 18.1. The van der Waals surface area contributed by atoms with Crippen LogP contribution in [-0.2, 0) is 16.6 Å². The second-order valence-electron chi connectivity index (χ2n) is 7.30. The summed E-state index contributed by atoms with van der Waals surface area (Å²) >= 11 is 7.41. The van der Waals surface area contributed by atoms with E-state index in [9.17, 15) is 13.2 Å². The predicted octanol–water partition coefficient (Wildman–Crippen LogP) is 5.21. The topological polar surface area (TPSA) is 84.9 Å². The van der Waals surface area contributed by atoms with E-state index in [0.29, 0.717) is 32.8 Å². The van der Waals surface area contributed by atoms with Crippen molar-refractivity contribution >= 4 is 50.1 Å². The van der Waals surface area contributed by atoms with Crippen molar-refractivity contribution in [1.82, 2.24) is 0 Å². The van der Waals surface area contributed by atoms with Gasteiger partial charge in [0.25, 0.3) is 10.0 Å². The number of thiophene rings is 1. The minimum Gasteiger partial charge on any atom is -0.495 e. The van der Waals surface area contributed by atoms with Crippen LogP contribution in [0.3, 0.4) is 0 Å². The Labute approximate surface area is 201 Å². The summed E-state index contributed by atoms with van der Waals surface area (Å²) in [6, 6.07) is 12.4. The highest BCUT2D eigenvalue weighted by Gasteiger charge is 2.41. The van der Waals surface area contributed by atoms with Gasteiger partial charge in [0.15, 0.2) is 4.91 Å². The van der Waals surface area contributed by atoms with E-state index in [1.165, 1.54) is 42.1 Å². The van der Waals surface area contributed by atoms with Crippen LogP contribution in [0.15, 0.2) is 58.9 Å². The van der Waals surface area contributed by atoms with Crippen LogP contribution >= 0.6 is 22.9 Å². The minimum atomic E-state index is -4.13. The van der Waals surface area contributed by atoms with Crippen molar-refractivity contribution in [2.24, 2.45) is 0 Å². The van der Waals surface area contributed by atoms with Gasteiger partial charge in [-0.2, -0.15) is 0 Å². The van der Waals surface area contributed by atoms with Crippen LogP contribution in [0.4, 0.5) is 11.4 Å². The van der Waals surface area contributed by atoms with Gasteiger partial charge in [0.2, 0.25) is 5.78 Å². The van der Waals surface area contributed by atoms with Crippen molar-refractivity contribution in [1.29, 1.82) is 0 Å². The highest BCUT2D eigenvalue weighted by atomic mass is 35.5. The van der Waals surface area contributed by atoms with Gasteiger partial charge in [-0.15, -0.1) is 11.3 Å². The number of hydrogen-bond acceptors (Lipinski definition) is 7. The van der Waals surface area contributed by atoms with Gasteiger partial charge in [0, 0.05) is 12.3 Å². The monoisotopic (exact) mass is 504 g/mol. The second kappa shape index (κ2) is 9.09. The lowest BCUT2D eigenvalue weighted by atomic mass is 10.1. The average Bonchev–Trinajstić information content (AvgIpc) is 3.27. The fourth-order valence-electron chi connectivity index (χ4n) is 3.43. The number of carbonyl (C=O) groups is 1. The summed E-state index contributed by atoms with van der Waals surface area (Å²) < 4.78 is 38.8. The lowest BCUT2D eigenvalue weighted by molar-refractivity contribution is 0.104. The molecule has 0 radical (unpaired) electrons. The first-order chi connectivity index (χ1) is 15.8. The zero-order valence-corrected chi connectivity index (χ0v) is 20.5. The average molecular weight is 505 g/mol. The first-order valence-corrected chi connectivity index (χ1v) is 12.5. The number of methoxy groups -OCH3 is 2. The van der Waals surface area contributed by atoms with Gasteiger partial charge in [-0.25, -0.2) is 8.42 Å². The number of hydrogen-bond donors (Lipinski definition) is 1. The molecule has 3 aromatic rings. The van der Waals surface area contributed by atoms with Gasteiger partial charge < -0.3 is 14.8 Å². The van der Waals surface area contributed by atoms with Gasteiger partial charge in [-0.1, -0.05) is 41.4 Å². The molecule has 33 heavy (non-hydrogen) atoms. The highest BCUT2D eigenvalue weighted by Crippen LogP contribution is 2.40. The number of halogens is 1. The molecule has 1 aliphatic heterocycles. The number of sulfonamides is 1. The summed E-state index contributed by atoms with van der Waals surface area (Å²) in [5.74, 6) is 0.217. The Morgan fingerprint density at radius 3 is 2.45 bits per heavy atom. The summed E-state index contributed by atoms with van der Waals surface area (Å²) in [6.07, 6.45) is 1.18. The molecule has 7 nitrogen and oxygen atoms in total. The van der Waals surface area contributed by atoms with Crippen molar-refractivity contribution in [3.63, 3.8) is 0 Å². The van der Waals surface area contributed by atoms with Crippen molar-refractivity contribution in [2.75, 3.05) is 23.8 Å². The summed E-state index contributed by atoms with van der Waals surface area (Å²) in [7, 11) is -1.19. The molecule has 0 amide bonds. The van der Waals surface area contributed by atoms with E-state index >= 15 is 0 Å². The molecule has 10 heteroatoms. The molecule has 1 aromatic heterocycles. The molecule has 0 saturated carbocycles. The Morgan fingerprint density at radius 2 is 1.79 bits per heavy atom. The van der Waals surface area contributed by atoms with Crippen LogP contribution in [0.25, 0.3) is 0 Å². The first-order valence-electron chi connectivity index (χ1n) is 9.85. The van der Waals surface area contributed by atoms with E-state index in [1.807, 2.05) is 31.2 Å². The first kappa shape index (κ1) is 23.2. The van der Waals surface area contributed by atoms with Crippen molar-refractivity contribution in [2.45, 2.75) is 13.5 Å². The fraction of sp³-hybridized carbons (Fsp3) is 0.174. The smallest absolute Gasteiger partial charge is 0.270 e. The Hall–Kier alpha value is -3.01. The lowest BCUT2D eigenvalue weighted by Gasteiger charge is -2.29. The van der Waals surface area contributed by atoms with Crippen LogP contribution in [0.1, 0.15) is 20.8 Å². The van der Waals surface area contributed by atoms with Gasteiger partial charge in [-0.05, 0) is 30.0 Å². The number of rotatable bonds is 6. The molecule has 1 N–H and O–H groups in total. The number of fused-ring (bicyclic) bond motifs is 1. The molecular weight excluding hydrogens is 484 g/mol. The van der Waals surface area contributed by atoms with Crippen LogP contribution < -0.4 is 19.1 Å². The number of ketones is 1. The quantitative estimate of drug-likeness (QED) is 0.464. The summed E-state index contributed by atoms with van der Waals surface area (Å²) in [4.78, 5) is 13.1. The van der Waals surface area contributed by atoms with E-state index < -0.39 is 15.8 Å². The molecule has 0 spiro atoms. The van der Waals surface area contributed by atoms with Crippen molar-refractivity contribution < 1.29 is 22.7 Å². The lowest BCUT2D eigenvalue weighted by Crippen LogP contribution is -2.38. The highest BCUT2D eigenvalue weighted by molar-refractivity contribution is 7.97. The Bertz CT molecular complexity index is 1350. The third-order valence-electron chi connectivity index (χ3n) is 5.19. The molecule has 0 aliphatic carbocycles. The molecule has 2 heterocycles. The fourth-order valence-corrected chi connectivity index (χ4v) is 6.16. The van der Waals surface area contributed by atoms with Crippen molar-refractivity contribution in [3.8, 4) is 11.5 Å². The molecule has 0 fully saturated rings. The minimum absolute atomic E-state index is 0.106. The normalized spacial score (nSPS) is 15.9. The second-order valence-corrected chi connectivity index (χ2v) is 10.5. The number of nitrogens with zero attached hydrogens (tertiary/aromatic N) is 1. The van der Waals surface area contributed by atoms with E-state index in [0.717, 1.165) is 11.1 Å². The number of carbonyl (C=O) groups excluding carboxylic acids is 1. The molecule has 0 atom stereocenters. The van der Waals surface area contributed by atoms with Gasteiger partial charge >= 0.3 is 0 Å². The van der Waals surface area contributed by atoms with Crippen LogP contribution in [0, 0.1) is 6.92 Å². The largest absolute Gasteiger partial charge is 0.495 e. The summed E-state index contributed by atoms with van der Waals surface area (Å²) in [5, 5.41) is 4.89. The maximum Gasteiger partial charge on any atom is 0.270 e. The Balaban J connectivity index is 1.75. The number of anilines is 2. The van der Waals surface area contributed by atoms with Gasteiger partial charge in [0.05, 0.1) is 37.2 Å². The third-order valence-corrected chi connectivity index (χ3v) is 8.15. The van der Waals surface area contributed by atoms with Crippen LogP contribution in [-0.4, -0.2) is 28.4 Å². The maximum atomic E-state index is 13.5. The van der Waals surface area contributed by atoms with Gasteiger partial charge in [-0.3, -0.25) is 9.10 Å². The molecule has 0 bridgehead atoms. The molecule has 2 aromatic carbocycles. The van der Waals surface area contributed by atoms with Gasteiger partial charge in [0.1, 0.15) is 16.4 Å². The molecule has 0 unspecified atom stereocenters. The molecular formula is C23H21ClN2O5S2. The van der Waals surface area contributed by atoms with Crippen molar-refractivity contribution in [3.05, 3.63) is 80.0 Å². The van der Waals surface area contributed by atoms with E-state index in [2.05, 4.69) is 5.32 Å². The number of benzene rings is 2. The molecule has 0 saturated heterocycles. The predicted molar refractivity (Wildman–Crippen MR) is 131 cm³/mol. The molecule has 1 aliphatic rings. The van der Waals surface area contributed by atoms with Crippen LogP contribution in [0.5, 0.6) is 11.5 Å². The Morgan fingerprint density at radius 1 is 1.09 bits per heavy atom. The van der Waals surface area contributed by atoms with E-state index in [1.54, 1.807) is 17.5 Å². The number of nitrogens with one attached hydrogen (secondary N) is 1. The Kier molecular flexibility index (Phi) is 6.38. The molecule has 4 rings (SSSR count). The van der Waals surface area contributed by atoms with E-state index in [-0.39, 0.29) is 11.4 Å². The maximum absolute atomic E-state index is 13.5. The summed E-state index contributed by atoms with van der Waals surface area (Å²) in [6.45, 7) is 2.07. The summed E-state index contributed by atoms with van der Waals surface area (Å²) in [5.41, 5.74) is 2.66. The number of Topliss-reactive ketones (excluding diaryl/α,β-unsaturated/α-hetero) is 1. The molecule has 172 valence electrons. The third kappa shape index (κ3) is 4.31. The van der Waals surface area contributed by atoms with Crippen LogP contribution in [0.2, 0.25) is 5.02 Å². The zero-order chi connectivity index (χ0) is 23.8. The van der Waals surface area contributed by atoms with E-state index in [4.69, 9.17) is 21.1 Å². The number of aryl methyl sites for hydroxylation is 1. The SMILES string of the molecule is COc1cc(OC)c(NC=C2C(=O)c3sccc3N(Cc3ccc(C)cc3)S2(=O)=O)cc1Cl. The standard InChI is InChI=1S/C23H21ClN2O5S2/c1-14-4-6-15(7-5-14)13-26-18-8-9-32-23(18)22(27)21(33(26,28)29)12-25-17-10-16(24)19(30-2)11-20(17)31-3/h4-12,25H,13H2,1-3H3.